The summed E-state index contributed by atoms with van der Waals surface area (Å²) in [4.78, 5) is 27.5. The molecule has 3 rings (SSSR count). The fourth-order valence-corrected chi connectivity index (χ4v) is 3.80. The number of nitrogens with zero attached hydrogens (tertiary/aromatic N) is 1. The average Bonchev–Trinajstić information content (AvgIpc) is 3.06. The van der Waals surface area contributed by atoms with E-state index in [4.69, 9.17) is 14.2 Å². The second kappa shape index (κ2) is 11.2. The van der Waals surface area contributed by atoms with Gasteiger partial charge < -0.3 is 24.2 Å². The van der Waals surface area contributed by atoms with Crippen molar-refractivity contribution in [3.05, 3.63) is 65.2 Å². The lowest BCUT2D eigenvalue weighted by Gasteiger charge is -2.25. The van der Waals surface area contributed by atoms with Crippen LogP contribution >= 0.6 is 0 Å². The van der Waals surface area contributed by atoms with E-state index in [1.807, 2.05) is 38.1 Å². The predicted molar refractivity (Wildman–Crippen MR) is 130 cm³/mol. The van der Waals surface area contributed by atoms with Gasteiger partial charge in [-0.05, 0) is 61.7 Å². The number of methoxy groups -OCH3 is 1. The minimum Gasteiger partial charge on any atom is -0.507 e. The van der Waals surface area contributed by atoms with Crippen molar-refractivity contribution in [1.29, 1.82) is 0 Å². The Morgan fingerprint density at radius 3 is 2.35 bits per heavy atom. The lowest BCUT2D eigenvalue weighted by molar-refractivity contribution is -0.140. The first-order valence-corrected chi connectivity index (χ1v) is 11.5. The van der Waals surface area contributed by atoms with Gasteiger partial charge in [-0.2, -0.15) is 0 Å². The van der Waals surface area contributed by atoms with Gasteiger partial charge in [0, 0.05) is 19.2 Å². The fourth-order valence-electron chi connectivity index (χ4n) is 3.80. The maximum Gasteiger partial charge on any atom is 0.295 e. The third-order valence-electron chi connectivity index (χ3n) is 5.33. The van der Waals surface area contributed by atoms with Crippen LogP contribution in [0.4, 0.5) is 0 Å². The molecule has 1 heterocycles. The number of benzene rings is 2. The molecule has 0 radical (unpaired) electrons. The zero-order chi connectivity index (χ0) is 24.8. The summed E-state index contributed by atoms with van der Waals surface area (Å²) in [6.45, 7) is 8.97. The zero-order valence-corrected chi connectivity index (χ0v) is 20.4. The highest BCUT2D eigenvalue weighted by molar-refractivity contribution is 6.46. The molecular weight excluding hydrogens is 434 g/mol. The van der Waals surface area contributed by atoms with Gasteiger partial charge in [0.05, 0.1) is 30.9 Å². The second-order valence-corrected chi connectivity index (χ2v) is 8.95. The normalized spacial score (nSPS) is 17.6. The van der Waals surface area contributed by atoms with Crippen molar-refractivity contribution in [3.63, 3.8) is 0 Å². The molecule has 1 fully saturated rings. The number of amides is 1. The van der Waals surface area contributed by atoms with Crippen LogP contribution in [0, 0.1) is 5.92 Å². The molecule has 7 heteroatoms. The smallest absolute Gasteiger partial charge is 0.295 e. The molecule has 0 bridgehead atoms. The molecule has 1 saturated heterocycles. The number of hydrogen-bond donors (Lipinski definition) is 1. The van der Waals surface area contributed by atoms with Gasteiger partial charge >= 0.3 is 0 Å². The Labute approximate surface area is 200 Å². The van der Waals surface area contributed by atoms with Crippen LogP contribution in [-0.2, 0) is 14.3 Å². The third-order valence-corrected chi connectivity index (χ3v) is 5.33. The summed E-state index contributed by atoms with van der Waals surface area (Å²) in [5.74, 6) is 0.00958. The van der Waals surface area contributed by atoms with E-state index >= 15 is 0 Å². The first-order chi connectivity index (χ1) is 16.2. The molecule has 182 valence electrons. The van der Waals surface area contributed by atoms with Crippen LogP contribution < -0.4 is 9.47 Å². The number of likely N-dealkylation sites (tertiary alicyclic amines) is 1. The summed E-state index contributed by atoms with van der Waals surface area (Å²) < 4.78 is 16.7. The van der Waals surface area contributed by atoms with Crippen LogP contribution in [0.1, 0.15) is 44.9 Å². The van der Waals surface area contributed by atoms with E-state index in [2.05, 4.69) is 13.8 Å². The maximum absolute atomic E-state index is 13.1. The highest BCUT2D eigenvalue weighted by Crippen LogP contribution is 2.40. The van der Waals surface area contributed by atoms with Gasteiger partial charge in [0.1, 0.15) is 17.3 Å². The Morgan fingerprint density at radius 1 is 1.03 bits per heavy atom. The largest absolute Gasteiger partial charge is 0.507 e. The molecule has 7 nitrogen and oxygen atoms in total. The molecular formula is C27H33NO6. The number of carbonyl (C=O) groups is 2. The molecule has 0 spiro atoms. The van der Waals surface area contributed by atoms with Gasteiger partial charge in [-0.1, -0.05) is 26.0 Å². The minimum atomic E-state index is -0.760. The van der Waals surface area contributed by atoms with Gasteiger partial charge in [0.2, 0.25) is 0 Å². The molecule has 2 aromatic rings. The summed E-state index contributed by atoms with van der Waals surface area (Å²) in [5.41, 5.74) is 1.15. The van der Waals surface area contributed by atoms with Crippen molar-refractivity contribution in [2.24, 2.45) is 5.92 Å². The van der Waals surface area contributed by atoms with E-state index in [0.717, 1.165) is 0 Å². The summed E-state index contributed by atoms with van der Waals surface area (Å²) in [6.07, 6.45) is 0.00995. The number of hydrogen-bond acceptors (Lipinski definition) is 6. The van der Waals surface area contributed by atoms with E-state index < -0.39 is 17.7 Å². The number of aliphatic hydroxyl groups excluding tert-OH is 1. The Balaban J connectivity index is 2.05. The van der Waals surface area contributed by atoms with Crippen molar-refractivity contribution in [2.75, 3.05) is 26.9 Å². The van der Waals surface area contributed by atoms with Gasteiger partial charge in [0.25, 0.3) is 11.7 Å². The summed E-state index contributed by atoms with van der Waals surface area (Å²) in [5, 5.41) is 11.2. The SMILES string of the molecule is COCCN1C(=O)C(=O)/C(=C(\O)c2ccc(OC(C)C)cc2)C1c1cccc(OCC(C)C)c1. The Kier molecular flexibility index (Phi) is 8.34. The molecule has 1 amide bonds. The van der Waals surface area contributed by atoms with E-state index in [9.17, 15) is 14.7 Å². The number of ether oxygens (including phenoxy) is 3. The predicted octanol–water partition coefficient (Wildman–Crippen LogP) is 4.58. The van der Waals surface area contributed by atoms with Crippen LogP contribution in [0.25, 0.3) is 5.76 Å². The lowest BCUT2D eigenvalue weighted by atomic mass is 9.95. The van der Waals surface area contributed by atoms with Crippen LogP contribution in [0.5, 0.6) is 11.5 Å². The van der Waals surface area contributed by atoms with Crippen LogP contribution in [0.2, 0.25) is 0 Å². The Hall–Kier alpha value is -3.32. The topological polar surface area (TPSA) is 85.3 Å². The molecule has 1 aliphatic rings. The number of rotatable bonds is 10. The summed E-state index contributed by atoms with van der Waals surface area (Å²) in [7, 11) is 1.53. The van der Waals surface area contributed by atoms with Gasteiger partial charge in [-0.15, -0.1) is 0 Å². The Morgan fingerprint density at radius 2 is 1.74 bits per heavy atom. The molecule has 0 saturated carbocycles. The second-order valence-electron chi connectivity index (χ2n) is 8.95. The van der Waals surface area contributed by atoms with Crippen molar-refractivity contribution in [2.45, 2.75) is 39.8 Å². The average molecular weight is 468 g/mol. The number of aliphatic hydroxyl groups is 1. The van der Waals surface area contributed by atoms with Crippen molar-refractivity contribution in [1.82, 2.24) is 4.90 Å². The molecule has 2 aromatic carbocycles. The van der Waals surface area contributed by atoms with E-state index in [0.29, 0.717) is 35.2 Å². The van der Waals surface area contributed by atoms with E-state index in [1.54, 1.807) is 24.3 Å². The monoisotopic (exact) mass is 467 g/mol. The summed E-state index contributed by atoms with van der Waals surface area (Å²) >= 11 is 0. The third kappa shape index (κ3) is 5.78. The zero-order valence-electron chi connectivity index (χ0n) is 20.4. The number of Topliss-reactive ketones (excluding diaryl/α,β-unsaturated/α-hetero) is 1. The van der Waals surface area contributed by atoms with Crippen molar-refractivity contribution in [3.8, 4) is 11.5 Å². The summed E-state index contributed by atoms with van der Waals surface area (Å²) in [6, 6.07) is 13.3. The standard InChI is InChI=1S/C27H33NO6/c1-17(2)16-33-22-8-6-7-20(15-22)24-23(26(30)27(31)28(24)13-14-32-5)25(29)19-9-11-21(12-10-19)34-18(3)4/h6-12,15,17-18,24,29H,13-14,16H2,1-5H3/b25-23-. The van der Waals surface area contributed by atoms with Crippen LogP contribution in [-0.4, -0.2) is 54.7 Å². The highest BCUT2D eigenvalue weighted by atomic mass is 16.5. The van der Waals surface area contributed by atoms with Gasteiger partial charge in [-0.25, -0.2) is 0 Å². The highest BCUT2D eigenvalue weighted by Gasteiger charge is 2.46. The molecule has 1 unspecified atom stereocenters. The van der Waals surface area contributed by atoms with Crippen LogP contribution in [0.15, 0.2) is 54.1 Å². The van der Waals surface area contributed by atoms with Crippen molar-refractivity contribution >= 4 is 17.4 Å². The number of carbonyl (C=O) groups excluding carboxylic acids is 2. The molecule has 34 heavy (non-hydrogen) atoms. The minimum absolute atomic E-state index is 0.00995. The van der Waals surface area contributed by atoms with Gasteiger partial charge in [0.15, 0.2) is 0 Å². The maximum atomic E-state index is 13.1. The number of ketones is 1. The van der Waals surface area contributed by atoms with E-state index in [-0.39, 0.29) is 30.6 Å². The van der Waals surface area contributed by atoms with Crippen molar-refractivity contribution < 1.29 is 28.9 Å². The van der Waals surface area contributed by atoms with Gasteiger partial charge in [-0.3, -0.25) is 9.59 Å². The molecule has 1 N–H and O–H groups in total. The lowest BCUT2D eigenvalue weighted by Crippen LogP contribution is -2.32. The van der Waals surface area contributed by atoms with E-state index in [1.165, 1.54) is 12.0 Å². The molecule has 0 aromatic heterocycles. The molecule has 1 atom stereocenters. The molecule has 0 aliphatic carbocycles. The first-order valence-electron chi connectivity index (χ1n) is 11.5. The Bertz CT molecular complexity index is 1040. The van der Waals surface area contributed by atoms with Crippen LogP contribution in [0.3, 0.4) is 0 Å². The quantitative estimate of drug-likeness (QED) is 0.313. The first kappa shape index (κ1) is 25.3. The molecule has 1 aliphatic heterocycles. The fraction of sp³-hybridized carbons (Fsp3) is 0.407.